The van der Waals surface area contributed by atoms with Gasteiger partial charge >= 0.3 is 0 Å². The summed E-state index contributed by atoms with van der Waals surface area (Å²) < 4.78 is 11.6. The number of rotatable bonds is 3. The molecule has 0 aromatic carbocycles. The van der Waals surface area contributed by atoms with Crippen LogP contribution in [0.2, 0.25) is 0 Å². The van der Waals surface area contributed by atoms with Crippen LogP contribution < -0.4 is 0 Å². The van der Waals surface area contributed by atoms with Gasteiger partial charge in [-0.25, -0.2) is 0 Å². The predicted octanol–water partition coefficient (Wildman–Crippen LogP) is 4.63. The first-order chi connectivity index (χ1) is 11.9. The Hall–Kier alpha value is -0.120. The molecule has 4 fully saturated rings. The van der Waals surface area contributed by atoms with Crippen molar-refractivity contribution in [2.45, 2.75) is 83.5 Å². The number of fused-ring (bicyclic) bond motifs is 5. The average molecular weight is 351 g/mol. The van der Waals surface area contributed by atoms with Crippen LogP contribution in [0.4, 0.5) is 0 Å². The predicted molar refractivity (Wildman–Crippen MR) is 99.0 cm³/mol. The Morgan fingerprint density at radius 1 is 0.880 bits per heavy atom. The van der Waals surface area contributed by atoms with Crippen molar-refractivity contribution in [3.8, 4) is 0 Å². The molecule has 0 amide bonds. The minimum Gasteiger partial charge on any atom is -0.393 e. The van der Waals surface area contributed by atoms with Crippen molar-refractivity contribution >= 4 is 0 Å². The number of aliphatic hydroxyl groups is 1. The second-order valence-electron chi connectivity index (χ2n) is 9.97. The molecule has 0 heterocycles. The summed E-state index contributed by atoms with van der Waals surface area (Å²) in [7, 11) is 3.63. The third-order valence-electron chi connectivity index (χ3n) is 9.35. The standard InChI is InChI=1S/C22H38O3/c1-14(23)19-7-8-20-18-6-5-15-13-22(24-3,25-4)12-10-16(15)17(18)9-11-21(19,20)2/h14-20,23H,5-13H2,1-4H3/t14?,15-,16-,17+,18+,19+,20-,21+/m0/s1. The maximum Gasteiger partial charge on any atom is 0.167 e. The lowest BCUT2D eigenvalue weighted by atomic mass is 9.49. The molecule has 0 radical (unpaired) electrons. The quantitative estimate of drug-likeness (QED) is 0.755. The van der Waals surface area contributed by atoms with Gasteiger partial charge in [-0.1, -0.05) is 6.92 Å². The van der Waals surface area contributed by atoms with E-state index in [4.69, 9.17) is 9.47 Å². The van der Waals surface area contributed by atoms with Crippen molar-refractivity contribution in [2.75, 3.05) is 14.2 Å². The topological polar surface area (TPSA) is 38.7 Å². The summed E-state index contributed by atoms with van der Waals surface area (Å²) in [5.74, 6) is 4.54. The molecule has 3 heteroatoms. The highest BCUT2D eigenvalue weighted by atomic mass is 16.7. The van der Waals surface area contributed by atoms with E-state index in [2.05, 4.69) is 6.92 Å². The average Bonchev–Trinajstić information content (AvgIpc) is 2.98. The van der Waals surface area contributed by atoms with Crippen molar-refractivity contribution < 1.29 is 14.6 Å². The highest BCUT2D eigenvalue weighted by molar-refractivity contribution is 5.07. The first-order valence-corrected chi connectivity index (χ1v) is 10.7. The first kappa shape index (κ1) is 18.3. The van der Waals surface area contributed by atoms with Crippen molar-refractivity contribution in [1.29, 1.82) is 0 Å². The first-order valence-electron chi connectivity index (χ1n) is 10.7. The van der Waals surface area contributed by atoms with E-state index in [9.17, 15) is 5.11 Å². The molecule has 4 aliphatic carbocycles. The van der Waals surface area contributed by atoms with Gasteiger partial charge in [0, 0.05) is 27.1 Å². The molecular formula is C22H38O3. The summed E-state index contributed by atoms with van der Waals surface area (Å²) >= 11 is 0. The number of methoxy groups -OCH3 is 2. The van der Waals surface area contributed by atoms with Crippen LogP contribution >= 0.6 is 0 Å². The van der Waals surface area contributed by atoms with Gasteiger partial charge < -0.3 is 14.6 Å². The van der Waals surface area contributed by atoms with Gasteiger partial charge in [0.05, 0.1) is 6.10 Å². The Morgan fingerprint density at radius 3 is 2.28 bits per heavy atom. The molecule has 0 aliphatic heterocycles. The maximum atomic E-state index is 10.3. The van der Waals surface area contributed by atoms with Crippen molar-refractivity contribution in [3.05, 3.63) is 0 Å². The summed E-state index contributed by atoms with van der Waals surface area (Å²) in [6.45, 7) is 4.53. The fourth-order valence-electron chi connectivity index (χ4n) is 8.11. The molecule has 8 atom stereocenters. The molecule has 1 unspecified atom stereocenters. The monoisotopic (exact) mass is 350 g/mol. The van der Waals surface area contributed by atoms with E-state index in [1.807, 2.05) is 21.1 Å². The molecule has 4 saturated carbocycles. The Labute approximate surface area is 153 Å². The van der Waals surface area contributed by atoms with Gasteiger partial charge in [-0.3, -0.25) is 0 Å². The van der Waals surface area contributed by atoms with Crippen LogP contribution in [-0.4, -0.2) is 31.2 Å². The highest BCUT2D eigenvalue weighted by Crippen LogP contribution is 2.65. The van der Waals surface area contributed by atoms with Crippen molar-refractivity contribution in [2.24, 2.45) is 40.9 Å². The van der Waals surface area contributed by atoms with Crippen LogP contribution in [0.15, 0.2) is 0 Å². The minimum atomic E-state index is -0.318. The van der Waals surface area contributed by atoms with Crippen LogP contribution in [0.3, 0.4) is 0 Å². The van der Waals surface area contributed by atoms with Gasteiger partial charge in [0.1, 0.15) is 0 Å². The Morgan fingerprint density at radius 2 is 1.60 bits per heavy atom. The van der Waals surface area contributed by atoms with E-state index < -0.39 is 0 Å². The van der Waals surface area contributed by atoms with E-state index in [-0.39, 0.29) is 11.9 Å². The lowest BCUT2D eigenvalue weighted by Crippen LogP contribution is -2.52. The minimum absolute atomic E-state index is 0.137. The van der Waals surface area contributed by atoms with Gasteiger partial charge in [0.2, 0.25) is 0 Å². The number of aliphatic hydroxyl groups excluding tert-OH is 1. The number of hydrogen-bond donors (Lipinski definition) is 1. The zero-order valence-electron chi connectivity index (χ0n) is 16.7. The Kier molecular flexibility index (Phi) is 4.74. The third kappa shape index (κ3) is 2.72. The van der Waals surface area contributed by atoms with Crippen molar-refractivity contribution in [1.82, 2.24) is 0 Å². The SMILES string of the molecule is COC1(OC)CC[C@H]2[C@@H](CC[C@@H]3[C@@H]2CC[C@]2(C)[C@@H](C(C)O)CC[C@@H]32)C1. The smallest absolute Gasteiger partial charge is 0.167 e. The van der Waals surface area contributed by atoms with E-state index >= 15 is 0 Å². The molecule has 4 rings (SSSR count). The van der Waals surface area contributed by atoms with E-state index in [1.165, 1.54) is 44.9 Å². The van der Waals surface area contributed by atoms with Gasteiger partial charge in [-0.05, 0) is 92.8 Å². The van der Waals surface area contributed by atoms with Gasteiger partial charge in [0.15, 0.2) is 5.79 Å². The molecular weight excluding hydrogens is 312 g/mol. The zero-order chi connectivity index (χ0) is 17.8. The summed E-state index contributed by atoms with van der Waals surface area (Å²) in [6.07, 6.45) is 11.3. The lowest BCUT2D eigenvalue weighted by Gasteiger charge is -2.57. The summed E-state index contributed by atoms with van der Waals surface area (Å²) in [5.41, 5.74) is 0.389. The molecule has 1 N–H and O–H groups in total. The number of ether oxygens (including phenoxy) is 2. The Bertz CT molecular complexity index is 486. The number of hydrogen-bond acceptors (Lipinski definition) is 3. The Balaban J connectivity index is 1.52. The molecule has 144 valence electrons. The molecule has 0 spiro atoms. The van der Waals surface area contributed by atoms with Crippen LogP contribution in [0.25, 0.3) is 0 Å². The fraction of sp³-hybridized carbons (Fsp3) is 1.00. The summed E-state index contributed by atoms with van der Waals surface area (Å²) in [5, 5.41) is 10.3. The van der Waals surface area contributed by atoms with Crippen LogP contribution in [0.1, 0.15) is 71.6 Å². The summed E-state index contributed by atoms with van der Waals surface area (Å²) in [4.78, 5) is 0. The molecule has 3 nitrogen and oxygen atoms in total. The normalized spacial score (nSPS) is 49.8. The summed E-state index contributed by atoms with van der Waals surface area (Å²) in [6, 6.07) is 0. The molecule has 0 aromatic rings. The second kappa shape index (κ2) is 6.49. The van der Waals surface area contributed by atoms with Crippen LogP contribution in [0.5, 0.6) is 0 Å². The van der Waals surface area contributed by atoms with Gasteiger partial charge in [-0.2, -0.15) is 0 Å². The van der Waals surface area contributed by atoms with E-state index in [0.717, 1.165) is 42.4 Å². The molecule has 25 heavy (non-hydrogen) atoms. The van der Waals surface area contributed by atoms with Crippen LogP contribution in [0, 0.1) is 40.9 Å². The molecule has 0 aromatic heterocycles. The van der Waals surface area contributed by atoms with Gasteiger partial charge in [0.25, 0.3) is 0 Å². The van der Waals surface area contributed by atoms with Crippen molar-refractivity contribution in [3.63, 3.8) is 0 Å². The lowest BCUT2D eigenvalue weighted by molar-refractivity contribution is -0.247. The van der Waals surface area contributed by atoms with Crippen LogP contribution in [-0.2, 0) is 9.47 Å². The second-order valence-corrected chi connectivity index (χ2v) is 9.97. The maximum absolute atomic E-state index is 10.3. The van der Waals surface area contributed by atoms with E-state index in [1.54, 1.807) is 0 Å². The highest BCUT2D eigenvalue weighted by Gasteiger charge is 2.58. The molecule has 0 bridgehead atoms. The van der Waals surface area contributed by atoms with E-state index in [0.29, 0.717) is 11.3 Å². The zero-order valence-corrected chi connectivity index (χ0v) is 16.7. The van der Waals surface area contributed by atoms with Gasteiger partial charge in [-0.15, -0.1) is 0 Å². The third-order valence-corrected chi connectivity index (χ3v) is 9.35. The largest absolute Gasteiger partial charge is 0.393 e. The molecule has 4 aliphatic rings. The fourth-order valence-corrected chi connectivity index (χ4v) is 8.11. The molecule has 0 saturated heterocycles.